The van der Waals surface area contributed by atoms with Crippen molar-refractivity contribution < 1.29 is 33.8 Å². The molecule has 5 rings (SSSR count). The molecule has 0 radical (unpaired) electrons. The van der Waals surface area contributed by atoms with E-state index in [1.54, 1.807) is 42.5 Å². The van der Waals surface area contributed by atoms with Gasteiger partial charge in [0.2, 0.25) is 11.8 Å². The quantitative estimate of drug-likeness (QED) is 0.317. The number of carbonyl (C=O) groups excluding carboxylic acids is 3. The molecule has 14 heteroatoms. The Bertz CT molecular complexity index is 1540. The summed E-state index contributed by atoms with van der Waals surface area (Å²) >= 11 is 5.39. The maximum absolute atomic E-state index is 13.4. The number of thiazole rings is 1. The van der Waals surface area contributed by atoms with E-state index in [4.69, 9.17) is 9.47 Å². The van der Waals surface area contributed by atoms with Gasteiger partial charge in [0, 0.05) is 26.5 Å². The first-order valence-electron chi connectivity index (χ1n) is 11.5. The zero-order valence-corrected chi connectivity index (χ0v) is 23.4. The molecule has 39 heavy (non-hydrogen) atoms. The van der Waals surface area contributed by atoms with Crippen LogP contribution >= 0.6 is 39.0 Å². The second-order valence-corrected chi connectivity index (χ2v) is 11.7. The van der Waals surface area contributed by atoms with Gasteiger partial charge in [0.25, 0.3) is 5.91 Å². The van der Waals surface area contributed by atoms with Gasteiger partial charge >= 0.3 is 10.8 Å². The van der Waals surface area contributed by atoms with E-state index in [9.17, 15) is 29.1 Å². The number of aromatic amines is 1. The first-order valence-corrected chi connectivity index (χ1v) is 14.0. The zero-order chi connectivity index (χ0) is 27.8. The Balaban J connectivity index is 1.47. The summed E-state index contributed by atoms with van der Waals surface area (Å²) in [5.41, 5.74) is 1.02. The molecule has 2 aromatic carbocycles. The summed E-state index contributed by atoms with van der Waals surface area (Å²) in [6, 6.07) is 11.8. The van der Waals surface area contributed by atoms with Gasteiger partial charge in [-0.05, 0) is 42.5 Å². The molecule has 2 aliphatic heterocycles. The van der Waals surface area contributed by atoms with Crippen molar-refractivity contribution in [2.75, 3.05) is 25.6 Å². The van der Waals surface area contributed by atoms with Crippen molar-refractivity contribution in [2.45, 2.75) is 16.2 Å². The van der Waals surface area contributed by atoms with E-state index in [1.807, 2.05) is 0 Å². The van der Waals surface area contributed by atoms with Crippen LogP contribution < -0.4 is 19.7 Å². The minimum Gasteiger partial charge on any atom is -0.497 e. The average Bonchev–Trinajstić information content (AvgIpc) is 3.38. The van der Waals surface area contributed by atoms with Gasteiger partial charge in [-0.2, -0.15) is 0 Å². The van der Waals surface area contributed by atoms with Crippen LogP contribution in [0, 0.1) is 5.92 Å². The monoisotopic (exact) mass is 633 g/mol. The molecule has 1 fully saturated rings. The molecule has 3 heterocycles. The van der Waals surface area contributed by atoms with Gasteiger partial charge in [-0.25, -0.2) is 0 Å². The Morgan fingerprint density at radius 1 is 1.13 bits per heavy atom. The summed E-state index contributed by atoms with van der Waals surface area (Å²) in [4.78, 5) is 66.4. The number of anilines is 1. The number of hydrogen-bond donors (Lipinski definition) is 3. The second-order valence-electron chi connectivity index (χ2n) is 8.65. The van der Waals surface area contributed by atoms with Crippen molar-refractivity contribution in [3.05, 3.63) is 67.0 Å². The Hall–Kier alpha value is -3.62. The number of H-pyrrole nitrogens is 1. The van der Waals surface area contributed by atoms with E-state index in [1.165, 1.54) is 7.11 Å². The summed E-state index contributed by atoms with van der Waals surface area (Å²) in [7, 11) is 1.54. The highest BCUT2D eigenvalue weighted by Gasteiger charge is 2.56. The van der Waals surface area contributed by atoms with Crippen molar-refractivity contribution in [3.8, 4) is 11.5 Å². The molecule has 0 saturated carbocycles. The van der Waals surface area contributed by atoms with Gasteiger partial charge in [0.15, 0.2) is 6.61 Å². The molecule has 0 unspecified atom stereocenters. The van der Waals surface area contributed by atoms with Crippen LogP contribution in [0.25, 0.3) is 0 Å². The average molecular weight is 634 g/mol. The number of aromatic nitrogens is 1. The van der Waals surface area contributed by atoms with Crippen LogP contribution in [0.5, 0.6) is 11.5 Å². The molecular formula is C25H20BrN3O8S2. The fourth-order valence-electron chi connectivity index (χ4n) is 4.61. The largest absolute Gasteiger partial charge is 0.497 e. The number of nitrogens with one attached hydrogen (secondary N) is 2. The van der Waals surface area contributed by atoms with E-state index < -0.39 is 47.3 Å². The molecule has 0 bridgehead atoms. The number of aliphatic carboxylic acids is 1. The van der Waals surface area contributed by atoms with Crippen LogP contribution in [0.1, 0.15) is 16.4 Å². The van der Waals surface area contributed by atoms with E-state index in [0.717, 1.165) is 28.0 Å². The number of carbonyl (C=O) groups is 4. The number of imide groups is 1. The summed E-state index contributed by atoms with van der Waals surface area (Å²) in [5, 5.41) is 11.5. The highest BCUT2D eigenvalue weighted by Crippen LogP contribution is 2.54. The summed E-state index contributed by atoms with van der Waals surface area (Å²) < 4.78 is 11.7. The predicted octanol–water partition coefficient (Wildman–Crippen LogP) is 2.90. The molecule has 2 aliphatic rings. The van der Waals surface area contributed by atoms with Crippen molar-refractivity contribution >= 4 is 68.4 Å². The third-order valence-corrected chi connectivity index (χ3v) is 9.14. The number of carboxylic acid groups (broad SMARTS) is 1. The van der Waals surface area contributed by atoms with Gasteiger partial charge < -0.3 is 24.9 Å². The van der Waals surface area contributed by atoms with Gasteiger partial charge in [0.1, 0.15) is 23.3 Å². The number of methoxy groups -OCH3 is 1. The molecule has 1 aromatic heterocycles. The third-order valence-electron chi connectivity index (χ3n) is 6.25. The van der Waals surface area contributed by atoms with E-state index in [0.29, 0.717) is 31.4 Å². The van der Waals surface area contributed by atoms with Crippen molar-refractivity contribution in [1.29, 1.82) is 0 Å². The Labute approximate surface area is 237 Å². The zero-order valence-electron chi connectivity index (χ0n) is 20.1. The lowest BCUT2D eigenvalue weighted by atomic mass is 9.82. The van der Waals surface area contributed by atoms with Crippen LogP contribution in [0.15, 0.2) is 56.8 Å². The van der Waals surface area contributed by atoms with Crippen molar-refractivity contribution in [2.24, 2.45) is 5.92 Å². The number of amides is 3. The smallest absolute Gasteiger partial charge is 0.323 e. The molecule has 0 aliphatic carbocycles. The number of fused-ring (bicyclic) bond motifs is 2. The maximum atomic E-state index is 13.4. The van der Waals surface area contributed by atoms with Crippen LogP contribution in [-0.4, -0.2) is 64.2 Å². The Morgan fingerprint density at radius 2 is 1.87 bits per heavy atom. The van der Waals surface area contributed by atoms with Crippen LogP contribution in [0.2, 0.25) is 0 Å². The lowest BCUT2D eigenvalue weighted by molar-refractivity contribution is -0.149. The highest BCUT2D eigenvalue weighted by atomic mass is 79.9. The van der Waals surface area contributed by atoms with E-state index in [-0.39, 0.29) is 17.2 Å². The van der Waals surface area contributed by atoms with Gasteiger partial charge in [-0.3, -0.25) is 28.9 Å². The fourth-order valence-corrected chi connectivity index (χ4v) is 7.52. The number of hydrogen-bond acceptors (Lipinski definition) is 9. The minimum absolute atomic E-state index is 0.280. The fraction of sp³-hybridized carbons (Fsp3) is 0.240. The van der Waals surface area contributed by atoms with Crippen LogP contribution in [-0.2, 0) is 19.2 Å². The summed E-state index contributed by atoms with van der Waals surface area (Å²) in [5.74, 6) is -3.85. The lowest BCUT2D eigenvalue weighted by Crippen LogP contribution is -2.36. The molecular weight excluding hydrogens is 614 g/mol. The molecule has 3 atom stereocenters. The molecule has 202 valence electrons. The number of nitrogens with zero attached hydrogens (tertiary/aromatic N) is 1. The number of halogens is 1. The molecule has 11 nitrogen and oxygen atoms in total. The number of likely N-dealkylation sites (tertiary alicyclic amines) is 1. The lowest BCUT2D eigenvalue weighted by Gasteiger charge is -2.31. The van der Waals surface area contributed by atoms with Crippen LogP contribution in [0.4, 0.5) is 5.69 Å². The van der Waals surface area contributed by atoms with E-state index >= 15 is 0 Å². The number of ether oxygens (including phenoxy) is 2. The highest BCUT2D eigenvalue weighted by molar-refractivity contribution is 9.10. The molecule has 3 aromatic rings. The molecule has 1 saturated heterocycles. The van der Waals surface area contributed by atoms with Crippen molar-refractivity contribution in [1.82, 2.24) is 9.88 Å². The normalized spacial score (nSPS) is 19.8. The molecule has 3 amide bonds. The first kappa shape index (κ1) is 27.0. The third kappa shape index (κ3) is 5.31. The predicted molar refractivity (Wildman–Crippen MR) is 146 cm³/mol. The van der Waals surface area contributed by atoms with Crippen molar-refractivity contribution in [3.63, 3.8) is 0 Å². The van der Waals surface area contributed by atoms with Gasteiger partial charge in [-0.1, -0.05) is 39.0 Å². The SMILES string of the molecule is COc1ccc(NC(=O)COc2ccc(Br)cc2[C@@H]2c3sc(=O)[nH]c3S[C@@H]3C(=O)N(CC(=O)O)C(=O)[C@H]23)cc1. The number of rotatable bonds is 8. The number of thioether (sulfide) groups is 1. The van der Waals surface area contributed by atoms with E-state index in [2.05, 4.69) is 26.2 Å². The molecule has 3 N–H and O–H groups in total. The number of carboxylic acids is 1. The topological polar surface area (TPSA) is 155 Å². The van der Waals surface area contributed by atoms with Gasteiger partial charge in [-0.15, -0.1) is 0 Å². The first-order chi connectivity index (χ1) is 18.7. The summed E-state index contributed by atoms with van der Waals surface area (Å²) in [6.45, 7) is -1.11. The Kier molecular flexibility index (Phi) is 7.51. The number of benzene rings is 2. The van der Waals surface area contributed by atoms with Crippen LogP contribution in [0.3, 0.4) is 0 Å². The van der Waals surface area contributed by atoms with Gasteiger partial charge in [0.05, 0.1) is 18.1 Å². The Morgan fingerprint density at radius 3 is 2.56 bits per heavy atom. The standard InChI is InChI=1S/C25H20BrN3O8S2/c1-36-13-5-3-12(4-6-13)27-16(30)10-37-15-7-2-11(26)8-14(15)18-19-21(38-22-20(18)39-25(35)28-22)24(34)29(23(19)33)9-17(31)32/h2-8,18-19,21H,9-10H2,1H3,(H,27,30)(H,28,35)(H,31,32)/t18-,19+,21-/m0/s1. The second kappa shape index (κ2) is 10.9. The minimum atomic E-state index is -1.31. The maximum Gasteiger partial charge on any atom is 0.323 e. The molecule has 0 spiro atoms. The summed E-state index contributed by atoms with van der Waals surface area (Å²) in [6.07, 6.45) is 0.